The van der Waals surface area contributed by atoms with Crippen molar-refractivity contribution in [2.24, 2.45) is 5.92 Å². The van der Waals surface area contributed by atoms with Crippen molar-refractivity contribution in [2.75, 3.05) is 20.2 Å². The second-order valence-corrected chi connectivity index (χ2v) is 5.24. The third kappa shape index (κ3) is 2.97. The second kappa shape index (κ2) is 5.67. The minimum absolute atomic E-state index is 0.0776. The number of ether oxygens (including phenoxy) is 1. The van der Waals surface area contributed by atoms with Crippen LogP contribution < -0.4 is 0 Å². The average Bonchev–Trinajstić information content (AvgIpc) is 2.74. The molecule has 2 rings (SSSR count). The molecule has 0 bridgehead atoms. The van der Waals surface area contributed by atoms with Crippen LogP contribution in [0.4, 0.5) is 0 Å². The highest BCUT2D eigenvalue weighted by Gasteiger charge is 2.28. The molecule has 3 nitrogen and oxygen atoms in total. The number of nitrogens with zero attached hydrogens (tertiary/aromatic N) is 1. The first kappa shape index (κ1) is 11.9. The van der Waals surface area contributed by atoms with Gasteiger partial charge in [0.1, 0.15) is 0 Å². The molecule has 0 aromatic carbocycles. The summed E-state index contributed by atoms with van der Waals surface area (Å²) in [6, 6.07) is 0.639. The molecule has 16 heavy (non-hydrogen) atoms. The quantitative estimate of drug-likeness (QED) is 0.672. The minimum atomic E-state index is -0.0776. The summed E-state index contributed by atoms with van der Waals surface area (Å²) < 4.78 is 4.79. The summed E-state index contributed by atoms with van der Waals surface area (Å²) >= 11 is 0. The van der Waals surface area contributed by atoms with Gasteiger partial charge >= 0.3 is 5.97 Å². The van der Waals surface area contributed by atoms with Crippen molar-refractivity contribution in [1.82, 2.24) is 4.90 Å². The molecule has 0 aliphatic heterocycles. The Labute approximate surface area is 98.1 Å². The van der Waals surface area contributed by atoms with E-state index in [4.69, 9.17) is 4.74 Å². The molecule has 2 saturated carbocycles. The molecule has 0 spiro atoms. The van der Waals surface area contributed by atoms with Crippen molar-refractivity contribution in [3.8, 4) is 0 Å². The first-order chi connectivity index (χ1) is 7.79. The lowest BCUT2D eigenvalue weighted by Gasteiger charge is -2.35. The number of carbonyl (C=O) groups is 1. The zero-order valence-electron chi connectivity index (χ0n) is 10.3. The number of hydrogen-bond donors (Lipinski definition) is 0. The molecule has 92 valence electrons. The van der Waals surface area contributed by atoms with E-state index in [0.29, 0.717) is 12.6 Å². The number of rotatable bonds is 5. The largest absolute Gasteiger partial charge is 0.468 e. The Hall–Kier alpha value is -0.570. The summed E-state index contributed by atoms with van der Waals surface area (Å²) in [4.78, 5) is 13.8. The Morgan fingerprint density at radius 2 is 1.88 bits per heavy atom. The predicted molar refractivity (Wildman–Crippen MR) is 63.2 cm³/mol. The monoisotopic (exact) mass is 225 g/mol. The smallest absolute Gasteiger partial charge is 0.319 e. The molecule has 0 radical (unpaired) electrons. The summed E-state index contributed by atoms with van der Waals surface area (Å²) in [6.45, 7) is 1.61. The van der Waals surface area contributed by atoms with E-state index < -0.39 is 0 Å². The van der Waals surface area contributed by atoms with Gasteiger partial charge in [0.2, 0.25) is 0 Å². The van der Waals surface area contributed by atoms with Gasteiger partial charge in [-0.3, -0.25) is 9.69 Å². The van der Waals surface area contributed by atoms with Crippen LogP contribution in [0.3, 0.4) is 0 Å². The van der Waals surface area contributed by atoms with Crippen molar-refractivity contribution in [3.05, 3.63) is 0 Å². The van der Waals surface area contributed by atoms with Gasteiger partial charge in [0.05, 0.1) is 13.7 Å². The highest BCUT2D eigenvalue weighted by molar-refractivity contribution is 5.71. The molecule has 0 amide bonds. The van der Waals surface area contributed by atoms with Crippen LogP contribution in [0.25, 0.3) is 0 Å². The summed E-state index contributed by atoms with van der Waals surface area (Å²) in [5.74, 6) is 0.761. The molecule has 0 aromatic rings. The maximum atomic E-state index is 11.4. The number of hydrogen-bond acceptors (Lipinski definition) is 3. The van der Waals surface area contributed by atoms with Gasteiger partial charge in [0, 0.05) is 12.6 Å². The third-order valence-electron chi connectivity index (χ3n) is 4.12. The lowest BCUT2D eigenvalue weighted by Crippen LogP contribution is -2.42. The number of methoxy groups -OCH3 is 1. The predicted octanol–water partition coefficient (Wildman–Crippen LogP) is 2.20. The van der Waals surface area contributed by atoms with Crippen LogP contribution in [0.5, 0.6) is 0 Å². The van der Waals surface area contributed by atoms with Crippen LogP contribution >= 0.6 is 0 Å². The molecule has 3 heteroatoms. The molecular weight excluding hydrogens is 202 g/mol. The van der Waals surface area contributed by atoms with Gasteiger partial charge in [0.15, 0.2) is 0 Å². The summed E-state index contributed by atoms with van der Waals surface area (Å²) in [7, 11) is 1.48. The van der Waals surface area contributed by atoms with Crippen LogP contribution in [0.15, 0.2) is 0 Å². The van der Waals surface area contributed by atoms with E-state index >= 15 is 0 Å². The van der Waals surface area contributed by atoms with Crippen LogP contribution in [-0.4, -0.2) is 37.1 Å². The van der Waals surface area contributed by atoms with E-state index in [1.807, 2.05) is 0 Å². The van der Waals surface area contributed by atoms with E-state index in [1.165, 1.54) is 52.1 Å². The summed E-state index contributed by atoms with van der Waals surface area (Å²) in [5.41, 5.74) is 0. The first-order valence-electron chi connectivity index (χ1n) is 6.60. The van der Waals surface area contributed by atoms with Gasteiger partial charge in [-0.2, -0.15) is 0 Å². The lowest BCUT2D eigenvalue weighted by molar-refractivity contribution is -0.142. The Bertz CT molecular complexity index is 232. The first-order valence-corrected chi connectivity index (χ1v) is 6.60. The Morgan fingerprint density at radius 3 is 2.38 bits per heavy atom. The van der Waals surface area contributed by atoms with Crippen LogP contribution in [0, 0.1) is 5.92 Å². The van der Waals surface area contributed by atoms with Gasteiger partial charge in [-0.05, 0) is 31.6 Å². The molecule has 2 fully saturated rings. The fourth-order valence-electron chi connectivity index (χ4n) is 2.85. The Balaban J connectivity index is 1.85. The topological polar surface area (TPSA) is 29.5 Å². The highest BCUT2D eigenvalue weighted by Crippen LogP contribution is 2.30. The minimum Gasteiger partial charge on any atom is -0.468 e. The molecule has 2 aliphatic carbocycles. The van der Waals surface area contributed by atoms with Crippen LogP contribution in [0.2, 0.25) is 0 Å². The summed E-state index contributed by atoms with van der Waals surface area (Å²) in [5, 5.41) is 0. The molecule has 2 aliphatic rings. The fraction of sp³-hybridized carbons (Fsp3) is 0.923. The average molecular weight is 225 g/mol. The Kier molecular flexibility index (Phi) is 4.22. The van der Waals surface area contributed by atoms with Crippen molar-refractivity contribution in [1.29, 1.82) is 0 Å². The number of esters is 1. The molecule has 0 atom stereocenters. The summed E-state index contributed by atoms with van der Waals surface area (Å²) in [6.07, 6.45) is 9.27. The highest BCUT2D eigenvalue weighted by atomic mass is 16.5. The van der Waals surface area contributed by atoms with Gasteiger partial charge < -0.3 is 4.74 Å². The van der Waals surface area contributed by atoms with Crippen LogP contribution in [0.1, 0.15) is 44.9 Å². The fourth-order valence-corrected chi connectivity index (χ4v) is 2.85. The van der Waals surface area contributed by atoms with Gasteiger partial charge in [0.25, 0.3) is 0 Å². The van der Waals surface area contributed by atoms with E-state index in [1.54, 1.807) is 0 Å². The van der Waals surface area contributed by atoms with Crippen molar-refractivity contribution in [3.63, 3.8) is 0 Å². The zero-order chi connectivity index (χ0) is 11.4. The molecule has 0 unspecified atom stereocenters. The zero-order valence-corrected chi connectivity index (χ0v) is 10.3. The van der Waals surface area contributed by atoms with Gasteiger partial charge in [-0.25, -0.2) is 0 Å². The van der Waals surface area contributed by atoms with Crippen LogP contribution in [-0.2, 0) is 9.53 Å². The second-order valence-electron chi connectivity index (χ2n) is 5.24. The standard InChI is InChI=1S/C13H23NO2/c1-16-13(15)10-14(9-11-5-4-6-11)12-7-2-3-8-12/h11-12H,2-10H2,1H3. The van der Waals surface area contributed by atoms with Gasteiger partial charge in [-0.1, -0.05) is 19.3 Å². The van der Waals surface area contributed by atoms with E-state index in [2.05, 4.69) is 4.90 Å². The third-order valence-corrected chi connectivity index (χ3v) is 4.12. The maximum absolute atomic E-state index is 11.4. The van der Waals surface area contributed by atoms with Gasteiger partial charge in [-0.15, -0.1) is 0 Å². The molecule has 0 N–H and O–H groups in total. The SMILES string of the molecule is COC(=O)CN(CC1CCC1)C1CCCC1. The van der Waals surface area contributed by atoms with Crippen molar-refractivity contribution < 1.29 is 9.53 Å². The molecular formula is C13H23NO2. The van der Waals surface area contributed by atoms with E-state index in [9.17, 15) is 4.79 Å². The van der Waals surface area contributed by atoms with E-state index in [0.717, 1.165) is 12.5 Å². The maximum Gasteiger partial charge on any atom is 0.319 e. The Morgan fingerprint density at radius 1 is 1.19 bits per heavy atom. The van der Waals surface area contributed by atoms with E-state index in [-0.39, 0.29) is 5.97 Å². The van der Waals surface area contributed by atoms with Crippen molar-refractivity contribution >= 4 is 5.97 Å². The molecule has 0 heterocycles. The normalized spacial score (nSPS) is 22.4. The molecule has 0 saturated heterocycles. The lowest BCUT2D eigenvalue weighted by atomic mass is 9.85. The molecule has 0 aromatic heterocycles. The number of carbonyl (C=O) groups excluding carboxylic acids is 1. The van der Waals surface area contributed by atoms with Crippen molar-refractivity contribution in [2.45, 2.75) is 51.0 Å².